The van der Waals surface area contributed by atoms with E-state index in [9.17, 15) is 4.79 Å². The van der Waals surface area contributed by atoms with Crippen LogP contribution in [0.3, 0.4) is 0 Å². The van der Waals surface area contributed by atoms with Crippen molar-refractivity contribution in [2.45, 2.75) is 33.0 Å². The number of carbonyl (C=O) groups excluding carboxylic acids is 1. The van der Waals surface area contributed by atoms with Crippen LogP contribution in [0.15, 0.2) is 30.5 Å². The number of fused-ring (bicyclic) bond motifs is 1. The number of hydrogen-bond acceptors (Lipinski definition) is 5. The maximum atomic E-state index is 11.4. The van der Waals surface area contributed by atoms with Crippen LogP contribution in [0, 0.1) is 5.92 Å². The zero-order valence-corrected chi connectivity index (χ0v) is 14.7. The third-order valence-corrected chi connectivity index (χ3v) is 4.18. The van der Waals surface area contributed by atoms with Crippen LogP contribution in [0.25, 0.3) is 0 Å². The number of primary amides is 1. The minimum atomic E-state index is -0.452. The number of nitrogens with two attached hydrogens (primary N) is 1. The summed E-state index contributed by atoms with van der Waals surface area (Å²) in [5.41, 5.74) is 6.95. The van der Waals surface area contributed by atoms with E-state index in [0.717, 1.165) is 43.3 Å². The number of rotatable bonds is 7. The standard InChI is InChI=1S/C18H25N5O2/c1-12(2)25-16-6-4-3-5-14(16)9-20-7-13-8-21-18-15(17(19)24)10-22-23(18)11-13/h3-6,10,12-13,20-21H,7-9,11H2,1-2H3,(H2,19,24). The van der Waals surface area contributed by atoms with Crippen LogP contribution in [0.5, 0.6) is 5.75 Å². The van der Waals surface area contributed by atoms with E-state index < -0.39 is 5.91 Å². The van der Waals surface area contributed by atoms with Gasteiger partial charge in [0, 0.05) is 37.7 Å². The average Bonchev–Trinajstić information content (AvgIpc) is 2.99. The molecule has 4 N–H and O–H groups in total. The maximum absolute atomic E-state index is 11.4. The monoisotopic (exact) mass is 343 g/mol. The smallest absolute Gasteiger partial charge is 0.254 e. The van der Waals surface area contributed by atoms with Crippen molar-refractivity contribution in [3.8, 4) is 5.75 Å². The van der Waals surface area contributed by atoms with Gasteiger partial charge in [-0.2, -0.15) is 5.10 Å². The Labute approximate surface area is 147 Å². The summed E-state index contributed by atoms with van der Waals surface area (Å²) in [7, 11) is 0. The summed E-state index contributed by atoms with van der Waals surface area (Å²) >= 11 is 0. The molecule has 3 rings (SSSR count). The predicted molar refractivity (Wildman–Crippen MR) is 96.6 cm³/mol. The number of benzene rings is 1. The van der Waals surface area contributed by atoms with E-state index in [1.54, 1.807) is 0 Å². The molecule has 1 aromatic carbocycles. The lowest BCUT2D eigenvalue weighted by atomic mass is 10.1. The van der Waals surface area contributed by atoms with Gasteiger partial charge in [0.25, 0.3) is 5.91 Å². The highest BCUT2D eigenvalue weighted by atomic mass is 16.5. The van der Waals surface area contributed by atoms with Crippen LogP contribution in [0.1, 0.15) is 29.8 Å². The first-order valence-electron chi connectivity index (χ1n) is 8.59. The quantitative estimate of drug-likeness (QED) is 0.710. The highest BCUT2D eigenvalue weighted by molar-refractivity contribution is 5.97. The van der Waals surface area contributed by atoms with E-state index >= 15 is 0 Å². The summed E-state index contributed by atoms with van der Waals surface area (Å²) in [6.45, 7) is 7.18. The number of para-hydroxylation sites is 1. The van der Waals surface area contributed by atoms with Gasteiger partial charge in [0.15, 0.2) is 0 Å². The fourth-order valence-electron chi connectivity index (χ4n) is 3.01. The Balaban J connectivity index is 1.54. The molecule has 0 fully saturated rings. The number of hydrogen-bond donors (Lipinski definition) is 3. The molecule has 7 heteroatoms. The van der Waals surface area contributed by atoms with Crippen LogP contribution >= 0.6 is 0 Å². The number of ether oxygens (including phenoxy) is 1. The average molecular weight is 343 g/mol. The zero-order chi connectivity index (χ0) is 17.8. The molecule has 1 atom stereocenters. The summed E-state index contributed by atoms with van der Waals surface area (Å²) in [4.78, 5) is 11.4. The molecule has 0 bridgehead atoms. The maximum Gasteiger partial charge on any atom is 0.254 e. The Kier molecular flexibility index (Phi) is 5.23. The molecule has 0 radical (unpaired) electrons. The topological polar surface area (TPSA) is 94.2 Å². The van der Waals surface area contributed by atoms with E-state index in [0.29, 0.717) is 11.5 Å². The van der Waals surface area contributed by atoms with Crippen LogP contribution < -0.4 is 21.1 Å². The summed E-state index contributed by atoms with van der Waals surface area (Å²) in [5, 5.41) is 11.0. The number of amides is 1. The largest absolute Gasteiger partial charge is 0.491 e. The molecule has 2 heterocycles. The fraction of sp³-hybridized carbons (Fsp3) is 0.444. The number of aromatic nitrogens is 2. The van der Waals surface area contributed by atoms with Crippen LogP contribution in [0.4, 0.5) is 5.82 Å². The van der Waals surface area contributed by atoms with Crippen LogP contribution in [-0.2, 0) is 13.1 Å². The molecule has 1 amide bonds. The van der Waals surface area contributed by atoms with Crippen molar-refractivity contribution in [2.75, 3.05) is 18.4 Å². The molecule has 1 aliphatic rings. The lowest BCUT2D eigenvalue weighted by Crippen LogP contribution is -2.35. The van der Waals surface area contributed by atoms with Crippen molar-refractivity contribution in [3.05, 3.63) is 41.6 Å². The number of nitrogens with one attached hydrogen (secondary N) is 2. The van der Waals surface area contributed by atoms with Crippen molar-refractivity contribution in [1.29, 1.82) is 0 Å². The van der Waals surface area contributed by atoms with Gasteiger partial charge in [-0.25, -0.2) is 4.68 Å². The SMILES string of the molecule is CC(C)Oc1ccccc1CNCC1CNc2c(C(N)=O)cnn2C1. The van der Waals surface area contributed by atoms with Gasteiger partial charge in [0.2, 0.25) is 0 Å². The zero-order valence-electron chi connectivity index (χ0n) is 14.7. The number of anilines is 1. The molecule has 0 spiro atoms. The second kappa shape index (κ2) is 7.57. The Morgan fingerprint density at radius 1 is 1.48 bits per heavy atom. The molecule has 134 valence electrons. The highest BCUT2D eigenvalue weighted by Gasteiger charge is 2.23. The van der Waals surface area contributed by atoms with Crippen molar-refractivity contribution in [3.63, 3.8) is 0 Å². The predicted octanol–water partition coefficient (Wildman–Crippen LogP) is 1.60. The molecule has 0 aliphatic carbocycles. The highest BCUT2D eigenvalue weighted by Crippen LogP contribution is 2.22. The molecular formula is C18H25N5O2. The third kappa shape index (κ3) is 4.11. The van der Waals surface area contributed by atoms with E-state index in [2.05, 4.69) is 21.8 Å². The Morgan fingerprint density at radius 2 is 2.28 bits per heavy atom. The second-order valence-corrected chi connectivity index (χ2v) is 6.61. The van der Waals surface area contributed by atoms with Gasteiger partial charge in [-0.1, -0.05) is 18.2 Å². The van der Waals surface area contributed by atoms with Crippen molar-refractivity contribution >= 4 is 11.7 Å². The van der Waals surface area contributed by atoms with Crippen molar-refractivity contribution in [2.24, 2.45) is 11.7 Å². The number of nitrogens with zero attached hydrogens (tertiary/aromatic N) is 2. The van der Waals surface area contributed by atoms with Gasteiger partial charge >= 0.3 is 0 Å². The minimum absolute atomic E-state index is 0.154. The molecule has 25 heavy (non-hydrogen) atoms. The lowest BCUT2D eigenvalue weighted by molar-refractivity contribution is 0.100. The summed E-state index contributed by atoms with van der Waals surface area (Å²) in [6.07, 6.45) is 1.68. The number of carbonyl (C=O) groups is 1. The fourth-order valence-corrected chi connectivity index (χ4v) is 3.01. The third-order valence-electron chi connectivity index (χ3n) is 4.18. The Hall–Kier alpha value is -2.54. The van der Waals surface area contributed by atoms with Gasteiger partial charge in [-0.3, -0.25) is 4.79 Å². The molecule has 2 aromatic rings. The summed E-state index contributed by atoms with van der Waals surface area (Å²) < 4.78 is 7.66. The van der Waals surface area contributed by atoms with E-state index in [1.807, 2.05) is 36.7 Å². The van der Waals surface area contributed by atoms with Gasteiger partial charge < -0.3 is 21.1 Å². The Morgan fingerprint density at radius 3 is 3.04 bits per heavy atom. The van der Waals surface area contributed by atoms with E-state index in [4.69, 9.17) is 10.5 Å². The normalized spacial score (nSPS) is 16.4. The molecular weight excluding hydrogens is 318 g/mol. The minimum Gasteiger partial charge on any atom is -0.491 e. The lowest BCUT2D eigenvalue weighted by Gasteiger charge is -2.26. The van der Waals surface area contributed by atoms with Gasteiger partial charge in [0.05, 0.1) is 12.3 Å². The molecule has 7 nitrogen and oxygen atoms in total. The van der Waals surface area contributed by atoms with Gasteiger partial charge in [0.1, 0.15) is 17.1 Å². The van der Waals surface area contributed by atoms with Gasteiger partial charge in [-0.15, -0.1) is 0 Å². The molecule has 1 unspecified atom stereocenters. The summed E-state index contributed by atoms with van der Waals surface area (Å²) in [6, 6.07) is 8.09. The van der Waals surface area contributed by atoms with E-state index in [1.165, 1.54) is 6.20 Å². The van der Waals surface area contributed by atoms with Crippen LogP contribution in [0.2, 0.25) is 0 Å². The van der Waals surface area contributed by atoms with Gasteiger partial charge in [-0.05, 0) is 19.9 Å². The molecule has 1 aromatic heterocycles. The van der Waals surface area contributed by atoms with Crippen molar-refractivity contribution in [1.82, 2.24) is 15.1 Å². The summed E-state index contributed by atoms with van der Waals surface area (Å²) in [5.74, 6) is 1.57. The Bertz CT molecular complexity index is 741. The van der Waals surface area contributed by atoms with Crippen LogP contribution in [-0.4, -0.2) is 34.9 Å². The molecule has 0 saturated carbocycles. The van der Waals surface area contributed by atoms with Crippen molar-refractivity contribution < 1.29 is 9.53 Å². The first-order valence-corrected chi connectivity index (χ1v) is 8.59. The molecule has 1 aliphatic heterocycles. The molecule has 0 saturated heterocycles. The van der Waals surface area contributed by atoms with E-state index in [-0.39, 0.29) is 6.10 Å². The second-order valence-electron chi connectivity index (χ2n) is 6.61. The first kappa shape index (κ1) is 17.3. The first-order chi connectivity index (χ1) is 12.0.